The Morgan fingerprint density at radius 1 is 1.67 bits per heavy atom. The smallest absolute Gasteiger partial charge is 0.243 e. The lowest BCUT2D eigenvalue weighted by Crippen LogP contribution is -2.23. The van der Waals surface area contributed by atoms with Crippen LogP contribution < -0.4 is 5.32 Å². The predicted octanol–water partition coefficient (Wildman–Crippen LogP) is 2.42. The van der Waals surface area contributed by atoms with Gasteiger partial charge >= 0.3 is 0 Å². The lowest BCUT2D eigenvalue weighted by atomic mass is 10.3. The van der Waals surface area contributed by atoms with Crippen molar-refractivity contribution in [1.82, 2.24) is 9.78 Å². The van der Waals surface area contributed by atoms with E-state index >= 15 is 0 Å². The molecule has 0 spiro atoms. The van der Waals surface area contributed by atoms with Crippen LogP contribution in [-0.2, 0) is 4.79 Å². The summed E-state index contributed by atoms with van der Waals surface area (Å²) in [4.78, 5) is 11.4. The molecule has 0 saturated carbocycles. The first-order chi connectivity index (χ1) is 7.06. The van der Waals surface area contributed by atoms with Crippen molar-refractivity contribution in [3.8, 4) is 0 Å². The van der Waals surface area contributed by atoms with E-state index < -0.39 is 5.38 Å². The third kappa shape index (κ3) is 2.96. The fraction of sp³-hybridized carbons (Fsp3) is 0.600. The Labute approximate surface area is 94.6 Å². The molecule has 1 aromatic rings. The molecule has 0 bridgehead atoms. The number of hydrogen-bond acceptors (Lipinski definition) is 2. The van der Waals surface area contributed by atoms with E-state index in [2.05, 4.69) is 17.3 Å². The zero-order valence-corrected chi connectivity index (χ0v) is 9.95. The van der Waals surface area contributed by atoms with Gasteiger partial charge in [0.1, 0.15) is 11.2 Å². The Kier molecular flexibility index (Phi) is 4.15. The Hall–Kier alpha value is -1.03. The van der Waals surface area contributed by atoms with E-state index in [0.29, 0.717) is 5.82 Å². The summed E-state index contributed by atoms with van der Waals surface area (Å²) in [6, 6.07) is 2.03. The van der Waals surface area contributed by atoms with E-state index in [0.717, 1.165) is 6.42 Å². The van der Waals surface area contributed by atoms with E-state index in [1.807, 2.05) is 6.92 Å². The summed E-state index contributed by atoms with van der Waals surface area (Å²) in [5, 5.41) is 6.36. The lowest BCUT2D eigenvalue weighted by Gasteiger charge is -2.14. The standard InChI is InChI=1S/C10H16ClN3O/c1-4-7(2)14-9(5-6-12-14)13-10(15)8(3)11/h5-8H,4H2,1-3H3,(H,13,15)/t7-,8+/m0/s1. The molecule has 4 nitrogen and oxygen atoms in total. The summed E-state index contributed by atoms with van der Waals surface area (Å²) in [6.45, 7) is 5.76. The first-order valence-electron chi connectivity index (χ1n) is 5.04. The van der Waals surface area contributed by atoms with Gasteiger partial charge in [0.15, 0.2) is 0 Å². The Morgan fingerprint density at radius 2 is 2.33 bits per heavy atom. The average molecular weight is 230 g/mol. The number of rotatable bonds is 4. The van der Waals surface area contributed by atoms with E-state index in [-0.39, 0.29) is 11.9 Å². The van der Waals surface area contributed by atoms with Crippen molar-refractivity contribution >= 4 is 23.3 Å². The minimum absolute atomic E-state index is 0.207. The summed E-state index contributed by atoms with van der Waals surface area (Å²) < 4.78 is 1.79. The molecule has 0 fully saturated rings. The third-order valence-electron chi connectivity index (χ3n) is 2.29. The van der Waals surface area contributed by atoms with Gasteiger partial charge in [0.05, 0.1) is 12.2 Å². The van der Waals surface area contributed by atoms with Crippen molar-refractivity contribution in [3.63, 3.8) is 0 Å². The van der Waals surface area contributed by atoms with Gasteiger partial charge in [0, 0.05) is 6.07 Å². The van der Waals surface area contributed by atoms with Crippen LogP contribution in [0.5, 0.6) is 0 Å². The number of hydrogen-bond donors (Lipinski definition) is 1. The third-order valence-corrected chi connectivity index (χ3v) is 2.49. The lowest BCUT2D eigenvalue weighted by molar-refractivity contribution is -0.115. The van der Waals surface area contributed by atoms with Gasteiger partial charge in [0.25, 0.3) is 0 Å². The summed E-state index contributed by atoms with van der Waals surface area (Å²) in [5.74, 6) is 0.489. The average Bonchev–Trinajstić information content (AvgIpc) is 2.64. The summed E-state index contributed by atoms with van der Waals surface area (Å²) in [5.41, 5.74) is 0. The zero-order valence-electron chi connectivity index (χ0n) is 9.20. The Bertz CT molecular complexity index is 335. The summed E-state index contributed by atoms with van der Waals surface area (Å²) >= 11 is 5.67. The van der Waals surface area contributed by atoms with Crippen LogP contribution in [0.3, 0.4) is 0 Å². The fourth-order valence-electron chi connectivity index (χ4n) is 1.16. The van der Waals surface area contributed by atoms with Gasteiger partial charge in [-0.05, 0) is 20.3 Å². The Morgan fingerprint density at radius 3 is 2.87 bits per heavy atom. The van der Waals surface area contributed by atoms with Gasteiger partial charge in [0.2, 0.25) is 5.91 Å². The van der Waals surface area contributed by atoms with Crippen LogP contribution in [0.2, 0.25) is 0 Å². The molecule has 0 radical (unpaired) electrons. The molecular formula is C10H16ClN3O. The number of aromatic nitrogens is 2. The largest absolute Gasteiger partial charge is 0.310 e. The van der Waals surface area contributed by atoms with Gasteiger partial charge in [-0.3, -0.25) is 4.79 Å². The predicted molar refractivity (Wildman–Crippen MR) is 61.2 cm³/mol. The quantitative estimate of drug-likeness (QED) is 0.806. The second-order valence-electron chi connectivity index (χ2n) is 3.52. The van der Waals surface area contributed by atoms with Gasteiger partial charge in [-0.2, -0.15) is 5.10 Å². The number of nitrogens with zero attached hydrogens (tertiary/aromatic N) is 2. The molecule has 1 heterocycles. The van der Waals surface area contributed by atoms with Crippen LogP contribution in [-0.4, -0.2) is 21.1 Å². The SMILES string of the molecule is CC[C@H](C)n1nccc1NC(=O)[C@@H](C)Cl. The fourth-order valence-corrected chi connectivity index (χ4v) is 1.22. The molecule has 0 saturated heterocycles. The first kappa shape index (κ1) is 12.0. The summed E-state index contributed by atoms with van der Waals surface area (Å²) in [7, 11) is 0. The number of carbonyl (C=O) groups is 1. The van der Waals surface area contributed by atoms with Crippen molar-refractivity contribution in [1.29, 1.82) is 0 Å². The molecular weight excluding hydrogens is 214 g/mol. The second kappa shape index (κ2) is 5.16. The number of halogens is 1. The molecule has 0 aliphatic heterocycles. The molecule has 1 aromatic heterocycles. The molecule has 0 aliphatic rings. The molecule has 1 rings (SSSR count). The minimum Gasteiger partial charge on any atom is -0.310 e. The van der Waals surface area contributed by atoms with E-state index in [1.165, 1.54) is 0 Å². The van der Waals surface area contributed by atoms with E-state index in [9.17, 15) is 4.79 Å². The normalized spacial score (nSPS) is 14.7. The molecule has 0 aliphatic carbocycles. The number of carbonyl (C=O) groups excluding carboxylic acids is 1. The first-order valence-corrected chi connectivity index (χ1v) is 5.48. The molecule has 15 heavy (non-hydrogen) atoms. The molecule has 2 atom stereocenters. The maximum absolute atomic E-state index is 11.4. The highest BCUT2D eigenvalue weighted by atomic mass is 35.5. The van der Waals surface area contributed by atoms with Crippen LogP contribution in [0, 0.1) is 0 Å². The minimum atomic E-state index is -0.537. The molecule has 1 N–H and O–H groups in total. The maximum Gasteiger partial charge on any atom is 0.243 e. The number of anilines is 1. The van der Waals surface area contributed by atoms with Gasteiger partial charge in [-0.15, -0.1) is 11.6 Å². The van der Waals surface area contributed by atoms with E-state index in [4.69, 9.17) is 11.6 Å². The van der Waals surface area contributed by atoms with Crippen molar-refractivity contribution < 1.29 is 4.79 Å². The number of nitrogens with one attached hydrogen (secondary N) is 1. The Balaban J connectivity index is 2.77. The van der Waals surface area contributed by atoms with Crippen LogP contribution in [0.25, 0.3) is 0 Å². The molecule has 5 heteroatoms. The van der Waals surface area contributed by atoms with Crippen LogP contribution in [0.1, 0.15) is 33.2 Å². The van der Waals surface area contributed by atoms with Crippen LogP contribution in [0.4, 0.5) is 5.82 Å². The van der Waals surface area contributed by atoms with Crippen molar-refractivity contribution in [2.45, 2.75) is 38.6 Å². The molecule has 84 valence electrons. The molecule has 0 aromatic carbocycles. The highest BCUT2D eigenvalue weighted by Crippen LogP contribution is 2.16. The number of alkyl halides is 1. The van der Waals surface area contributed by atoms with Crippen molar-refractivity contribution in [2.24, 2.45) is 0 Å². The van der Waals surface area contributed by atoms with Gasteiger partial charge in [-0.1, -0.05) is 6.92 Å². The van der Waals surface area contributed by atoms with Gasteiger partial charge < -0.3 is 5.32 Å². The van der Waals surface area contributed by atoms with Crippen LogP contribution >= 0.6 is 11.6 Å². The zero-order chi connectivity index (χ0) is 11.4. The van der Waals surface area contributed by atoms with Crippen molar-refractivity contribution in [2.75, 3.05) is 5.32 Å². The highest BCUT2D eigenvalue weighted by Gasteiger charge is 2.13. The maximum atomic E-state index is 11.4. The molecule has 1 amide bonds. The van der Waals surface area contributed by atoms with E-state index in [1.54, 1.807) is 23.9 Å². The van der Waals surface area contributed by atoms with Crippen molar-refractivity contribution in [3.05, 3.63) is 12.3 Å². The van der Waals surface area contributed by atoms with Gasteiger partial charge in [-0.25, -0.2) is 4.68 Å². The molecule has 0 unspecified atom stereocenters. The summed E-state index contributed by atoms with van der Waals surface area (Å²) in [6.07, 6.45) is 2.63. The number of amides is 1. The second-order valence-corrected chi connectivity index (χ2v) is 4.18. The topological polar surface area (TPSA) is 46.9 Å². The monoisotopic (exact) mass is 229 g/mol. The van der Waals surface area contributed by atoms with Crippen LogP contribution in [0.15, 0.2) is 12.3 Å². The highest BCUT2D eigenvalue weighted by molar-refractivity contribution is 6.32.